The zero-order valence-electron chi connectivity index (χ0n) is 11.6. The van der Waals surface area contributed by atoms with Gasteiger partial charge in [-0.1, -0.05) is 13.8 Å². The number of hydrogen-bond donors (Lipinski definition) is 2. The summed E-state index contributed by atoms with van der Waals surface area (Å²) < 4.78 is 1.99. The third kappa shape index (κ3) is 4.72. The first-order chi connectivity index (χ1) is 8.71. The van der Waals surface area contributed by atoms with Gasteiger partial charge in [0.1, 0.15) is 12.2 Å². The summed E-state index contributed by atoms with van der Waals surface area (Å²) in [5.41, 5.74) is 0. The minimum absolute atomic E-state index is 0.345. The quantitative estimate of drug-likeness (QED) is 0.655. The Bertz CT molecular complexity index is 324. The maximum atomic E-state index is 9.89. The maximum Gasteiger partial charge on any atom is 0.146 e. The van der Waals surface area contributed by atoms with Crippen LogP contribution >= 0.6 is 0 Å². The summed E-state index contributed by atoms with van der Waals surface area (Å²) in [6, 6.07) is 0. The molecule has 0 amide bonds. The molecule has 0 saturated heterocycles. The first kappa shape index (κ1) is 15.1. The predicted molar refractivity (Wildman–Crippen MR) is 71.2 cm³/mol. The fourth-order valence-corrected chi connectivity index (χ4v) is 1.87. The number of aryl methyl sites for hydroxylation is 1. The largest absolute Gasteiger partial charge is 0.390 e. The van der Waals surface area contributed by atoms with Crippen LogP contribution in [0, 0.1) is 0 Å². The zero-order chi connectivity index (χ0) is 13.4. The van der Waals surface area contributed by atoms with Gasteiger partial charge in [-0.25, -0.2) is 0 Å². The third-order valence-corrected chi connectivity index (χ3v) is 3.06. The molecule has 6 nitrogen and oxygen atoms in total. The summed E-state index contributed by atoms with van der Waals surface area (Å²) >= 11 is 0. The molecule has 18 heavy (non-hydrogen) atoms. The van der Waals surface area contributed by atoms with E-state index in [2.05, 4.69) is 41.2 Å². The van der Waals surface area contributed by atoms with Crippen molar-refractivity contribution in [3.63, 3.8) is 0 Å². The van der Waals surface area contributed by atoms with Crippen LogP contribution in [-0.4, -0.2) is 57.1 Å². The SMILES string of the molecule is CCN(CC)CC(O)CNCc1nncn1CC. The van der Waals surface area contributed by atoms with E-state index in [-0.39, 0.29) is 6.10 Å². The molecule has 0 aliphatic carbocycles. The molecule has 2 N–H and O–H groups in total. The summed E-state index contributed by atoms with van der Waals surface area (Å²) in [5, 5.41) is 21.0. The number of hydrogen-bond acceptors (Lipinski definition) is 5. The van der Waals surface area contributed by atoms with Crippen LogP contribution in [-0.2, 0) is 13.1 Å². The first-order valence-corrected chi connectivity index (χ1v) is 6.69. The van der Waals surface area contributed by atoms with E-state index in [1.807, 2.05) is 4.57 Å². The molecule has 0 spiro atoms. The number of likely N-dealkylation sites (N-methyl/N-ethyl adjacent to an activating group) is 1. The lowest BCUT2D eigenvalue weighted by atomic mass is 10.3. The normalized spacial score (nSPS) is 13.2. The number of nitrogens with zero attached hydrogens (tertiary/aromatic N) is 4. The second kappa shape index (κ2) is 8.18. The Morgan fingerprint density at radius 1 is 1.39 bits per heavy atom. The third-order valence-electron chi connectivity index (χ3n) is 3.06. The molecule has 1 aromatic heterocycles. The molecule has 1 atom stereocenters. The smallest absolute Gasteiger partial charge is 0.146 e. The van der Waals surface area contributed by atoms with Crippen LogP contribution in [0.25, 0.3) is 0 Å². The van der Waals surface area contributed by atoms with Gasteiger partial charge in [0, 0.05) is 19.6 Å². The van der Waals surface area contributed by atoms with E-state index < -0.39 is 0 Å². The number of aromatic nitrogens is 3. The molecule has 0 radical (unpaired) electrons. The molecule has 1 aromatic rings. The zero-order valence-corrected chi connectivity index (χ0v) is 11.6. The molecule has 1 unspecified atom stereocenters. The molecule has 0 aliphatic heterocycles. The van der Waals surface area contributed by atoms with Gasteiger partial charge in [-0.2, -0.15) is 0 Å². The second-order valence-corrected chi connectivity index (χ2v) is 4.30. The Morgan fingerprint density at radius 2 is 2.11 bits per heavy atom. The highest BCUT2D eigenvalue weighted by Crippen LogP contribution is 1.95. The van der Waals surface area contributed by atoms with Crippen molar-refractivity contribution in [3.8, 4) is 0 Å². The highest BCUT2D eigenvalue weighted by atomic mass is 16.3. The summed E-state index contributed by atoms with van der Waals surface area (Å²) in [6.45, 7) is 11.0. The van der Waals surface area contributed by atoms with Gasteiger partial charge in [-0.15, -0.1) is 10.2 Å². The number of aliphatic hydroxyl groups is 1. The van der Waals surface area contributed by atoms with Gasteiger partial charge in [0.15, 0.2) is 0 Å². The van der Waals surface area contributed by atoms with Gasteiger partial charge >= 0.3 is 0 Å². The molecule has 0 bridgehead atoms. The van der Waals surface area contributed by atoms with Gasteiger partial charge in [-0.3, -0.25) is 0 Å². The maximum absolute atomic E-state index is 9.89. The van der Waals surface area contributed by atoms with E-state index in [4.69, 9.17) is 0 Å². The monoisotopic (exact) mass is 255 g/mol. The Kier molecular flexibility index (Phi) is 6.85. The van der Waals surface area contributed by atoms with E-state index in [1.165, 1.54) is 0 Å². The van der Waals surface area contributed by atoms with Crippen molar-refractivity contribution in [2.24, 2.45) is 0 Å². The molecule has 0 fully saturated rings. The van der Waals surface area contributed by atoms with Crippen molar-refractivity contribution in [1.82, 2.24) is 25.0 Å². The molecule has 104 valence electrons. The van der Waals surface area contributed by atoms with Crippen LogP contribution in [0.4, 0.5) is 0 Å². The Hall–Kier alpha value is -0.980. The molecule has 1 heterocycles. The number of aliphatic hydroxyl groups excluding tert-OH is 1. The van der Waals surface area contributed by atoms with Gasteiger partial charge in [0.2, 0.25) is 0 Å². The molecule has 0 aromatic carbocycles. The standard InChI is InChI=1S/C12H25N5O/c1-4-16(5-2)9-11(18)7-13-8-12-15-14-10-17(12)6-3/h10-11,13,18H,4-9H2,1-3H3. The molecule has 0 aliphatic rings. The Morgan fingerprint density at radius 3 is 2.72 bits per heavy atom. The Balaban J connectivity index is 2.25. The van der Waals surface area contributed by atoms with Crippen molar-refractivity contribution in [1.29, 1.82) is 0 Å². The van der Waals surface area contributed by atoms with Gasteiger partial charge in [-0.05, 0) is 20.0 Å². The summed E-state index contributed by atoms with van der Waals surface area (Å²) in [4.78, 5) is 2.21. The van der Waals surface area contributed by atoms with Crippen molar-refractivity contribution in [2.75, 3.05) is 26.2 Å². The fraction of sp³-hybridized carbons (Fsp3) is 0.833. The van der Waals surface area contributed by atoms with Gasteiger partial charge in [0.25, 0.3) is 0 Å². The van der Waals surface area contributed by atoms with Crippen molar-refractivity contribution >= 4 is 0 Å². The van der Waals surface area contributed by atoms with E-state index >= 15 is 0 Å². The average Bonchev–Trinajstić information content (AvgIpc) is 2.83. The molecular weight excluding hydrogens is 230 g/mol. The van der Waals surface area contributed by atoms with Crippen molar-refractivity contribution in [2.45, 2.75) is 40.0 Å². The molecule has 1 rings (SSSR count). The fourth-order valence-electron chi connectivity index (χ4n) is 1.87. The van der Waals surface area contributed by atoms with Crippen molar-refractivity contribution in [3.05, 3.63) is 12.2 Å². The number of nitrogens with one attached hydrogen (secondary N) is 1. The van der Waals surface area contributed by atoms with E-state index in [1.54, 1.807) is 6.33 Å². The summed E-state index contributed by atoms with van der Waals surface area (Å²) in [6.07, 6.45) is 1.38. The molecular formula is C12H25N5O. The van der Waals surface area contributed by atoms with Gasteiger partial charge < -0.3 is 19.9 Å². The number of rotatable bonds is 9. The van der Waals surface area contributed by atoms with Crippen LogP contribution < -0.4 is 5.32 Å². The predicted octanol–water partition coefficient (Wildman–Crippen LogP) is 0.0903. The van der Waals surface area contributed by atoms with Crippen LogP contribution in [0.2, 0.25) is 0 Å². The van der Waals surface area contributed by atoms with Crippen LogP contribution in [0.15, 0.2) is 6.33 Å². The summed E-state index contributed by atoms with van der Waals surface area (Å²) in [7, 11) is 0. The molecule has 6 heteroatoms. The van der Waals surface area contributed by atoms with E-state index in [9.17, 15) is 5.11 Å². The molecule has 0 saturated carbocycles. The lowest BCUT2D eigenvalue weighted by Gasteiger charge is -2.21. The lowest BCUT2D eigenvalue weighted by molar-refractivity contribution is 0.116. The van der Waals surface area contributed by atoms with E-state index in [0.717, 1.165) is 25.5 Å². The minimum atomic E-state index is -0.345. The lowest BCUT2D eigenvalue weighted by Crippen LogP contribution is -2.38. The highest BCUT2D eigenvalue weighted by Gasteiger charge is 2.09. The first-order valence-electron chi connectivity index (χ1n) is 6.69. The summed E-state index contributed by atoms with van der Waals surface area (Å²) in [5.74, 6) is 0.910. The van der Waals surface area contributed by atoms with Crippen LogP contribution in [0.1, 0.15) is 26.6 Å². The topological polar surface area (TPSA) is 66.2 Å². The van der Waals surface area contributed by atoms with Crippen LogP contribution in [0.5, 0.6) is 0 Å². The minimum Gasteiger partial charge on any atom is -0.390 e. The Labute approximate surface area is 109 Å². The highest BCUT2D eigenvalue weighted by molar-refractivity contribution is 4.84. The van der Waals surface area contributed by atoms with E-state index in [0.29, 0.717) is 19.6 Å². The van der Waals surface area contributed by atoms with Crippen molar-refractivity contribution < 1.29 is 5.11 Å². The van der Waals surface area contributed by atoms with Crippen LogP contribution in [0.3, 0.4) is 0 Å². The average molecular weight is 255 g/mol. The second-order valence-electron chi connectivity index (χ2n) is 4.30. The van der Waals surface area contributed by atoms with Gasteiger partial charge in [0.05, 0.1) is 12.6 Å².